The van der Waals surface area contributed by atoms with Gasteiger partial charge in [-0.1, -0.05) is 30.4 Å². The first-order valence-corrected chi connectivity index (χ1v) is 9.65. The summed E-state index contributed by atoms with van der Waals surface area (Å²) in [4.78, 5) is 26.7. The quantitative estimate of drug-likeness (QED) is 0.680. The van der Waals surface area contributed by atoms with Crippen molar-refractivity contribution in [1.82, 2.24) is 13.9 Å². The number of benzene rings is 1. The van der Waals surface area contributed by atoms with Crippen molar-refractivity contribution in [3.63, 3.8) is 0 Å². The molecule has 1 aromatic heterocycles. The molecule has 7 aliphatic rings. The first-order chi connectivity index (χ1) is 13.1. The molecule has 7 heteroatoms. The molecule has 10 atom stereocenters. The highest BCUT2D eigenvalue weighted by Gasteiger charge is 3.06. The summed E-state index contributed by atoms with van der Waals surface area (Å²) in [7, 11) is 0. The van der Waals surface area contributed by atoms with Gasteiger partial charge < -0.3 is 10.2 Å². The molecule has 0 amide bonds. The second-order valence-electron chi connectivity index (χ2n) is 9.17. The van der Waals surface area contributed by atoms with Gasteiger partial charge in [-0.2, -0.15) is 0 Å². The Morgan fingerprint density at radius 3 is 1.81 bits per heavy atom. The predicted octanol–water partition coefficient (Wildman–Crippen LogP) is -0.320. The second-order valence-corrected chi connectivity index (χ2v) is 9.17. The summed E-state index contributed by atoms with van der Waals surface area (Å²) < 4.78 is 4.53. The van der Waals surface area contributed by atoms with Gasteiger partial charge in [0.2, 0.25) is 0 Å². The highest BCUT2D eigenvalue weighted by Crippen LogP contribution is 3.04. The third kappa shape index (κ3) is 0.953. The third-order valence-electron chi connectivity index (χ3n) is 8.98. The van der Waals surface area contributed by atoms with Crippen molar-refractivity contribution in [3.05, 3.63) is 63.5 Å². The summed E-state index contributed by atoms with van der Waals surface area (Å²) in [6.07, 6.45) is 2.07. The summed E-state index contributed by atoms with van der Waals surface area (Å²) in [5.41, 5.74) is -1.04. The minimum Gasteiger partial charge on any atom is -0.388 e. The number of rotatable bonds is 1. The van der Waals surface area contributed by atoms with Crippen molar-refractivity contribution >= 4 is 0 Å². The van der Waals surface area contributed by atoms with E-state index in [9.17, 15) is 19.8 Å². The maximum Gasteiger partial charge on any atom is 0.352 e. The zero-order valence-electron chi connectivity index (χ0n) is 14.2. The van der Waals surface area contributed by atoms with Crippen LogP contribution in [-0.2, 0) is 0 Å². The Balaban J connectivity index is 1.48. The molecule has 2 aliphatic heterocycles. The average molecular weight is 363 g/mol. The van der Waals surface area contributed by atoms with Crippen molar-refractivity contribution in [2.45, 2.75) is 24.3 Å². The van der Waals surface area contributed by atoms with Crippen molar-refractivity contribution < 1.29 is 10.2 Å². The van der Waals surface area contributed by atoms with Crippen LogP contribution in [0.2, 0.25) is 0 Å². The van der Waals surface area contributed by atoms with E-state index in [1.807, 2.05) is 18.2 Å². The van der Waals surface area contributed by atoms with E-state index >= 15 is 0 Å². The molecule has 7 nitrogen and oxygen atoms in total. The van der Waals surface area contributed by atoms with Crippen LogP contribution in [0.5, 0.6) is 0 Å². The molecule has 0 radical (unpaired) electrons. The fourth-order valence-electron chi connectivity index (χ4n) is 8.69. The van der Waals surface area contributed by atoms with Crippen LogP contribution in [-0.4, -0.2) is 36.4 Å². The molecule has 3 heterocycles. The maximum atomic E-state index is 13.4. The van der Waals surface area contributed by atoms with Gasteiger partial charge >= 0.3 is 11.4 Å². The van der Waals surface area contributed by atoms with Crippen molar-refractivity contribution in [2.75, 3.05) is 0 Å². The minimum atomic E-state index is -0.664. The molecule has 1 aromatic carbocycles. The topological polar surface area (TPSA) is 89.4 Å². The number of nitrogens with zero attached hydrogens (tertiary/aromatic N) is 3. The summed E-state index contributed by atoms with van der Waals surface area (Å²) >= 11 is 0. The molecule has 2 N–H and O–H groups in total. The normalized spacial score (nSPS) is 53.3. The van der Waals surface area contributed by atoms with Gasteiger partial charge in [-0.3, -0.25) is 0 Å². The van der Waals surface area contributed by atoms with Crippen LogP contribution in [0.1, 0.15) is 12.1 Å². The Kier molecular flexibility index (Phi) is 1.79. The molecule has 0 saturated heterocycles. The van der Waals surface area contributed by atoms with E-state index in [4.69, 9.17) is 0 Å². The van der Waals surface area contributed by atoms with E-state index in [1.54, 1.807) is 33.6 Å². The number of aliphatic hydroxyl groups is 2. The van der Waals surface area contributed by atoms with Gasteiger partial charge in [0.1, 0.15) is 0 Å². The van der Waals surface area contributed by atoms with Gasteiger partial charge in [0, 0.05) is 10.8 Å². The Bertz CT molecular complexity index is 1150. The van der Waals surface area contributed by atoms with Gasteiger partial charge in [-0.25, -0.2) is 23.5 Å². The Hall–Kier alpha value is -2.38. The van der Waals surface area contributed by atoms with Crippen LogP contribution >= 0.6 is 0 Å². The van der Waals surface area contributed by atoms with Crippen LogP contribution in [0, 0.1) is 34.5 Å². The number of aromatic nitrogens is 3. The standard InChI is InChI=1S/C20H17N3O4/c24-9-6-7-10(25)20-14-11-12-13(11)16(20)23-18(27)21(8-4-2-1-3-5-8)17(26)22(23)15(12)19(9,14)20/h1-7,9-16,24-25H/t9-,10+,11?,12-,13-,14?,15+,16+,19-,20+/m0/s1. The highest BCUT2D eigenvalue weighted by molar-refractivity contribution is 5.54. The molecule has 2 unspecified atom stereocenters. The smallest absolute Gasteiger partial charge is 0.352 e. The van der Waals surface area contributed by atoms with Crippen molar-refractivity contribution in [2.24, 2.45) is 34.5 Å². The van der Waals surface area contributed by atoms with Crippen LogP contribution < -0.4 is 11.4 Å². The lowest BCUT2D eigenvalue weighted by Gasteiger charge is -2.51. The molecular weight excluding hydrogens is 346 g/mol. The number of hydrogen-bond donors (Lipinski definition) is 2. The molecule has 2 aromatic rings. The zero-order valence-corrected chi connectivity index (χ0v) is 14.2. The van der Waals surface area contributed by atoms with E-state index < -0.39 is 23.0 Å². The Morgan fingerprint density at radius 1 is 0.778 bits per heavy atom. The molecule has 4 fully saturated rings. The van der Waals surface area contributed by atoms with Crippen LogP contribution in [0.3, 0.4) is 0 Å². The van der Waals surface area contributed by atoms with E-state index in [0.29, 0.717) is 23.4 Å². The first-order valence-electron chi connectivity index (χ1n) is 9.65. The van der Waals surface area contributed by atoms with E-state index in [2.05, 4.69) is 0 Å². The number of para-hydroxylation sites is 1. The maximum absolute atomic E-state index is 13.4. The van der Waals surface area contributed by atoms with Crippen LogP contribution in [0.15, 0.2) is 52.1 Å². The predicted molar refractivity (Wildman–Crippen MR) is 92.3 cm³/mol. The van der Waals surface area contributed by atoms with Gasteiger partial charge in [0.25, 0.3) is 0 Å². The fraction of sp³-hybridized carbons (Fsp3) is 0.500. The first kappa shape index (κ1) is 13.7. The van der Waals surface area contributed by atoms with Gasteiger partial charge in [0.15, 0.2) is 0 Å². The molecular formula is C20H17N3O4. The summed E-state index contributed by atoms with van der Waals surface area (Å²) in [6, 6.07) is 8.61. The Labute approximate surface area is 152 Å². The monoisotopic (exact) mass is 363 g/mol. The summed E-state index contributed by atoms with van der Waals surface area (Å²) in [5.74, 6) is 1.37. The number of aliphatic hydroxyl groups excluding tert-OH is 2. The lowest BCUT2D eigenvalue weighted by molar-refractivity contribution is -0.0942. The largest absolute Gasteiger partial charge is 0.388 e. The van der Waals surface area contributed by atoms with Crippen LogP contribution in [0.4, 0.5) is 0 Å². The van der Waals surface area contributed by atoms with Gasteiger partial charge in [0.05, 0.1) is 30.0 Å². The molecule has 5 aliphatic carbocycles. The van der Waals surface area contributed by atoms with Gasteiger partial charge in [-0.15, -0.1) is 0 Å². The molecule has 2 spiro atoms. The molecule has 9 rings (SSSR count). The summed E-state index contributed by atoms with van der Waals surface area (Å²) in [5, 5.41) is 21.9. The second kappa shape index (κ2) is 3.52. The van der Waals surface area contributed by atoms with E-state index in [0.717, 1.165) is 0 Å². The van der Waals surface area contributed by atoms with E-state index in [1.165, 1.54) is 4.57 Å². The highest BCUT2D eigenvalue weighted by atomic mass is 16.3. The lowest BCUT2D eigenvalue weighted by Crippen LogP contribution is -2.59. The lowest BCUT2D eigenvalue weighted by atomic mass is 9.64. The van der Waals surface area contributed by atoms with E-state index in [-0.39, 0.29) is 29.4 Å². The molecule has 136 valence electrons. The fourth-order valence-corrected chi connectivity index (χ4v) is 8.69. The molecule has 2 bridgehead atoms. The van der Waals surface area contributed by atoms with Crippen molar-refractivity contribution in [3.8, 4) is 5.69 Å². The van der Waals surface area contributed by atoms with Crippen molar-refractivity contribution in [1.29, 1.82) is 0 Å². The summed E-state index contributed by atoms with van der Waals surface area (Å²) in [6.45, 7) is 0. The number of hydrogen-bond acceptors (Lipinski definition) is 4. The average Bonchev–Trinajstić information content (AvgIpc) is 3.45. The third-order valence-corrected chi connectivity index (χ3v) is 8.98. The van der Waals surface area contributed by atoms with Gasteiger partial charge in [-0.05, 0) is 35.8 Å². The molecule has 4 saturated carbocycles. The minimum absolute atomic E-state index is 0.192. The SMILES string of the molecule is O=c1n(-c2ccccc2)c(=O)n2n1[C@@H]1[C@H]3C4C5[C@]16[C@H](O)C=C[C@H](O)[C@@]56[C@H]2[C@@H]43. The molecule has 27 heavy (non-hydrogen) atoms. The van der Waals surface area contributed by atoms with Crippen LogP contribution in [0.25, 0.3) is 5.69 Å². The zero-order chi connectivity index (χ0) is 18.0. The Morgan fingerprint density at radius 2 is 1.30 bits per heavy atom.